The van der Waals surface area contributed by atoms with Crippen LogP contribution in [-0.4, -0.2) is 12.5 Å². The maximum absolute atomic E-state index is 2.24. The number of aromatic nitrogens is 1. The third-order valence-electron chi connectivity index (χ3n) is 2.79. The highest BCUT2D eigenvalue weighted by Crippen LogP contribution is 2.25. The zero-order valence-electron chi connectivity index (χ0n) is 10.7. The minimum absolute atomic E-state index is 0. The van der Waals surface area contributed by atoms with Crippen molar-refractivity contribution in [2.75, 3.05) is 12.5 Å². The number of hydrogen-bond donors (Lipinski definition) is 0. The van der Waals surface area contributed by atoms with Gasteiger partial charge in [0.1, 0.15) is 7.05 Å². The lowest BCUT2D eigenvalue weighted by Crippen LogP contribution is -3.00. The van der Waals surface area contributed by atoms with E-state index in [0.717, 1.165) is 0 Å². The first kappa shape index (κ1) is 15.9. The van der Waals surface area contributed by atoms with Gasteiger partial charge in [0, 0.05) is 27.8 Å². The van der Waals surface area contributed by atoms with Crippen molar-refractivity contribution in [2.45, 2.75) is 0 Å². The Bertz CT molecular complexity index is 561. The number of para-hydroxylation sites is 1. The fraction of sp³-hybridized carbons (Fsp3) is 0.214. The summed E-state index contributed by atoms with van der Waals surface area (Å²) in [4.78, 5) is 0. The van der Waals surface area contributed by atoms with Gasteiger partial charge in [0.15, 0.2) is 0 Å². The fourth-order valence-corrected chi connectivity index (χ4v) is 2.97. The lowest BCUT2D eigenvalue weighted by molar-refractivity contribution is -0.646. The van der Waals surface area contributed by atoms with Gasteiger partial charge >= 0.3 is 0 Å². The second kappa shape index (κ2) is 7.40. The number of rotatable bonds is 3. The molecule has 0 aliphatic carbocycles. The molecule has 0 N–H and O–H groups in total. The molecule has 1 aromatic carbocycles. The molecule has 0 bridgehead atoms. The van der Waals surface area contributed by atoms with Crippen LogP contribution in [0.25, 0.3) is 17.0 Å². The summed E-state index contributed by atoms with van der Waals surface area (Å²) in [6.45, 7) is 0. The van der Waals surface area contributed by atoms with Gasteiger partial charge in [-0.2, -0.15) is 4.57 Å². The summed E-state index contributed by atoms with van der Waals surface area (Å²) in [5, 5.41) is 1.28. The van der Waals surface area contributed by atoms with E-state index in [4.69, 9.17) is 0 Å². The molecule has 0 atom stereocenters. The normalized spacial score (nSPS) is 9.94. The topological polar surface area (TPSA) is 3.88 Å². The predicted molar refractivity (Wildman–Crippen MR) is 80.1 cm³/mol. The van der Waals surface area contributed by atoms with Crippen LogP contribution in [0.15, 0.2) is 40.6 Å². The molecule has 0 radical (unpaired) electrons. The Labute approximate surface area is 134 Å². The first-order valence-corrected chi connectivity index (χ1v) is 7.88. The van der Waals surface area contributed by atoms with Crippen LogP contribution in [0.4, 0.5) is 0 Å². The first-order valence-electron chi connectivity index (χ1n) is 5.43. The standard InChI is InChI=1S/C14H16NS2.HI/c1-15-12(10-14(16-2)17-3)9-8-11-6-4-5-7-13(11)15;/h4-10H,1-3H3;1H/q+1;/p-1. The Kier molecular flexibility index (Phi) is 6.52. The van der Waals surface area contributed by atoms with Crippen LogP contribution in [0.3, 0.4) is 0 Å². The number of halogens is 1. The van der Waals surface area contributed by atoms with Crippen molar-refractivity contribution in [3.05, 3.63) is 46.3 Å². The highest BCUT2D eigenvalue weighted by Gasteiger charge is 2.09. The third kappa shape index (κ3) is 3.42. The molecule has 2 rings (SSSR count). The smallest absolute Gasteiger partial charge is 0.212 e. The highest BCUT2D eigenvalue weighted by molar-refractivity contribution is 8.21. The van der Waals surface area contributed by atoms with Crippen LogP contribution < -0.4 is 28.5 Å². The number of hydrogen-bond acceptors (Lipinski definition) is 2. The second-order valence-corrected chi connectivity index (χ2v) is 5.70. The summed E-state index contributed by atoms with van der Waals surface area (Å²) in [7, 11) is 2.12. The van der Waals surface area contributed by atoms with Gasteiger partial charge in [0.05, 0.1) is 0 Å². The first-order chi connectivity index (χ1) is 8.26. The number of aryl methyl sites for hydroxylation is 1. The molecular formula is C14H16INS2. The van der Waals surface area contributed by atoms with Gasteiger partial charge in [-0.05, 0) is 24.6 Å². The number of nitrogens with zero attached hydrogens (tertiary/aromatic N) is 1. The lowest BCUT2D eigenvalue weighted by atomic mass is 10.2. The zero-order chi connectivity index (χ0) is 12.3. The van der Waals surface area contributed by atoms with Gasteiger partial charge in [-0.25, -0.2) is 0 Å². The summed E-state index contributed by atoms with van der Waals surface area (Å²) in [6.07, 6.45) is 6.47. The molecule has 1 aromatic heterocycles. The SMILES string of the molecule is CSC(=Cc1ccc2ccccc2[n+]1C)SC.[I-]. The molecule has 0 saturated heterocycles. The van der Waals surface area contributed by atoms with Crippen LogP contribution in [0.5, 0.6) is 0 Å². The molecule has 0 aliphatic rings. The van der Waals surface area contributed by atoms with Crippen molar-refractivity contribution in [2.24, 2.45) is 7.05 Å². The molecule has 2 aromatic rings. The molecule has 0 spiro atoms. The van der Waals surface area contributed by atoms with Crippen LogP contribution in [-0.2, 0) is 7.05 Å². The maximum Gasteiger partial charge on any atom is 0.212 e. The summed E-state index contributed by atoms with van der Waals surface area (Å²) >= 11 is 3.58. The average Bonchev–Trinajstić information content (AvgIpc) is 2.38. The van der Waals surface area contributed by atoms with E-state index in [1.165, 1.54) is 20.8 Å². The molecule has 0 unspecified atom stereocenters. The third-order valence-corrected chi connectivity index (χ3v) is 4.83. The minimum Gasteiger partial charge on any atom is -1.00 e. The molecule has 1 heterocycles. The van der Waals surface area contributed by atoms with Gasteiger partial charge in [0.25, 0.3) is 0 Å². The second-order valence-electron chi connectivity index (χ2n) is 3.75. The van der Waals surface area contributed by atoms with E-state index in [0.29, 0.717) is 0 Å². The van der Waals surface area contributed by atoms with E-state index >= 15 is 0 Å². The molecule has 0 amide bonds. The molecule has 0 saturated carbocycles. The predicted octanol–water partition coefficient (Wildman–Crippen LogP) is 0.693. The molecule has 0 aliphatic heterocycles. The van der Waals surface area contributed by atoms with E-state index in [-0.39, 0.29) is 24.0 Å². The number of benzene rings is 1. The minimum atomic E-state index is 0. The van der Waals surface area contributed by atoms with Gasteiger partial charge < -0.3 is 24.0 Å². The molecule has 1 nitrogen and oxygen atoms in total. The number of pyridine rings is 1. The lowest BCUT2D eigenvalue weighted by Gasteiger charge is -2.01. The number of thioether (sulfide) groups is 2. The average molecular weight is 389 g/mol. The Hall–Kier alpha value is -0.200. The number of fused-ring (bicyclic) bond motifs is 1. The Morgan fingerprint density at radius 2 is 1.72 bits per heavy atom. The maximum atomic E-state index is 2.24. The Balaban J connectivity index is 0.00000162. The van der Waals surface area contributed by atoms with Crippen LogP contribution in [0.1, 0.15) is 5.69 Å². The highest BCUT2D eigenvalue weighted by atomic mass is 127. The summed E-state index contributed by atoms with van der Waals surface area (Å²) in [5.41, 5.74) is 2.50. The van der Waals surface area contributed by atoms with Crippen molar-refractivity contribution in [3.8, 4) is 0 Å². The Morgan fingerprint density at radius 1 is 1.06 bits per heavy atom. The van der Waals surface area contributed by atoms with Crippen molar-refractivity contribution < 1.29 is 28.5 Å². The Morgan fingerprint density at radius 3 is 2.39 bits per heavy atom. The van der Waals surface area contributed by atoms with Crippen molar-refractivity contribution in [1.82, 2.24) is 0 Å². The largest absolute Gasteiger partial charge is 1.00 e. The van der Waals surface area contributed by atoms with Crippen molar-refractivity contribution >= 4 is 40.5 Å². The van der Waals surface area contributed by atoms with Crippen LogP contribution in [0, 0.1) is 0 Å². The summed E-state index contributed by atoms with van der Waals surface area (Å²) < 4.78 is 3.57. The molecule has 96 valence electrons. The van der Waals surface area contributed by atoms with Crippen molar-refractivity contribution in [1.29, 1.82) is 0 Å². The summed E-state index contributed by atoms with van der Waals surface area (Å²) in [5.74, 6) is 0. The van der Waals surface area contributed by atoms with Gasteiger partial charge in [-0.3, -0.25) is 0 Å². The van der Waals surface area contributed by atoms with Crippen LogP contribution >= 0.6 is 23.5 Å². The molecule has 4 heteroatoms. The van der Waals surface area contributed by atoms with Crippen LogP contribution in [0.2, 0.25) is 0 Å². The zero-order valence-corrected chi connectivity index (χ0v) is 14.5. The summed E-state index contributed by atoms with van der Waals surface area (Å²) in [6, 6.07) is 12.8. The van der Waals surface area contributed by atoms with E-state index in [9.17, 15) is 0 Å². The monoisotopic (exact) mass is 389 g/mol. The van der Waals surface area contributed by atoms with E-state index in [1.54, 1.807) is 23.5 Å². The van der Waals surface area contributed by atoms with Gasteiger partial charge in [-0.15, -0.1) is 23.5 Å². The molecule has 18 heavy (non-hydrogen) atoms. The quantitative estimate of drug-likeness (QED) is 0.562. The van der Waals surface area contributed by atoms with Gasteiger partial charge in [0.2, 0.25) is 11.2 Å². The van der Waals surface area contributed by atoms with E-state index in [2.05, 4.69) is 66.6 Å². The molecule has 0 fully saturated rings. The fourth-order valence-electron chi connectivity index (χ4n) is 1.83. The van der Waals surface area contributed by atoms with E-state index in [1.807, 2.05) is 0 Å². The molecular weight excluding hydrogens is 373 g/mol. The van der Waals surface area contributed by atoms with Gasteiger partial charge in [-0.1, -0.05) is 12.1 Å². The van der Waals surface area contributed by atoms with E-state index < -0.39 is 0 Å². The van der Waals surface area contributed by atoms with Crippen molar-refractivity contribution in [3.63, 3.8) is 0 Å².